The molecule has 0 heterocycles. The van der Waals surface area contributed by atoms with E-state index < -0.39 is 0 Å². The smallest absolute Gasteiger partial charge is 0.129 e. The van der Waals surface area contributed by atoms with E-state index in [1.165, 1.54) is 38.2 Å². The molecule has 1 aliphatic rings. The van der Waals surface area contributed by atoms with Crippen LogP contribution in [0.3, 0.4) is 0 Å². The number of rotatable bonds is 5. The van der Waals surface area contributed by atoms with Gasteiger partial charge in [-0.25, -0.2) is 4.39 Å². The van der Waals surface area contributed by atoms with Crippen LogP contribution in [0.5, 0.6) is 0 Å². The van der Waals surface area contributed by atoms with Gasteiger partial charge in [0, 0.05) is 29.2 Å². The standard InChI is InChI=1S/C17H26ClFN2/c1-3-12-4-7-14(8-5-12)21(2)17(11-20)15-9-6-13(18)10-16(15)19/h6,9-10,12,14,17H,3-5,7-8,11,20H2,1-2H3. The van der Waals surface area contributed by atoms with Gasteiger partial charge in [0.2, 0.25) is 0 Å². The lowest BCUT2D eigenvalue weighted by Crippen LogP contribution is -2.41. The van der Waals surface area contributed by atoms with Gasteiger partial charge >= 0.3 is 0 Å². The average molecular weight is 313 g/mol. The van der Waals surface area contributed by atoms with E-state index in [2.05, 4.69) is 18.9 Å². The fourth-order valence-electron chi connectivity index (χ4n) is 3.50. The minimum atomic E-state index is -0.257. The van der Waals surface area contributed by atoms with Crippen molar-refractivity contribution in [3.05, 3.63) is 34.6 Å². The van der Waals surface area contributed by atoms with Gasteiger partial charge in [0.25, 0.3) is 0 Å². The molecule has 2 nitrogen and oxygen atoms in total. The van der Waals surface area contributed by atoms with Crippen molar-refractivity contribution in [1.82, 2.24) is 4.90 Å². The van der Waals surface area contributed by atoms with Crippen LogP contribution in [0.15, 0.2) is 18.2 Å². The average Bonchev–Trinajstić information content (AvgIpc) is 2.50. The molecule has 2 N–H and O–H groups in total. The lowest BCUT2D eigenvalue weighted by molar-refractivity contribution is 0.120. The molecule has 0 aliphatic heterocycles. The third kappa shape index (κ3) is 3.97. The van der Waals surface area contributed by atoms with Crippen molar-refractivity contribution in [1.29, 1.82) is 0 Å². The molecule has 1 aromatic carbocycles. The minimum absolute atomic E-state index is 0.0783. The van der Waals surface area contributed by atoms with E-state index in [4.69, 9.17) is 17.3 Å². The first-order valence-electron chi connectivity index (χ1n) is 7.93. The summed E-state index contributed by atoms with van der Waals surface area (Å²) in [5.74, 6) is 0.602. The molecule has 1 aliphatic carbocycles. The first-order valence-corrected chi connectivity index (χ1v) is 8.31. The summed E-state index contributed by atoms with van der Waals surface area (Å²) in [7, 11) is 2.07. The molecule has 0 saturated heterocycles. The minimum Gasteiger partial charge on any atom is -0.329 e. The molecule has 0 amide bonds. The Balaban J connectivity index is 2.10. The fourth-order valence-corrected chi connectivity index (χ4v) is 3.66. The maximum absolute atomic E-state index is 14.2. The van der Waals surface area contributed by atoms with E-state index in [9.17, 15) is 4.39 Å². The van der Waals surface area contributed by atoms with Crippen molar-refractivity contribution in [3.8, 4) is 0 Å². The summed E-state index contributed by atoms with van der Waals surface area (Å²) in [5, 5.41) is 0.429. The Labute approximate surface area is 132 Å². The van der Waals surface area contributed by atoms with Crippen LogP contribution >= 0.6 is 11.6 Å². The Morgan fingerprint density at radius 1 is 1.33 bits per heavy atom. The summed E-state index contributed by atoms with van der Waals surface area (Å²) < 4.78 is 14.2. The highest BCUT2D eigenvalue weighted by atomic mass is 35.5. The quantitative estimate of drug-likeness (QED) is 0.874. The monoisotopic (exact) mass is 312 g/mol. The zero-order valence-corrected chi connectivity index (χ0v) is 13.7. The first-order chi connectivity index (χ1) is 10.1. The van der Waals surface area contributed by atoms with E-state index >= 15 is 0 Å². The molecule has 0 radical (unpaired) electrons. The predicted molar refractivity (Wildman–Crippen MR) is 87.0 cm³/mol. The maximum Gasteiger partial charge on any atom is 0.129 e. The molecule has 1 fully saturated rings. The van der Waals surface area contributed by atoms with Gasteiger partial charge in [0.05, 0.1) is 0 Å². The molecule has 4 heteroatoms. The number of hydrogen-bond acceptors (Lipinski definition) is 2. The van der Waals surface area contributed by atoms with Gasteiger partial charge in [-0.15, -0.1) is 0 Å². The van der Waals surface area contributed by atoms with E-state index in [0.717, 1.165) is 5.92 Å². The van der Waals surface area contributed by atoms with Crippen molar-refractivity contribution in [3.63, 3.8) is 0 Å². The topological polar surface area (TPSA) is 29.3 Å². The second-order valence-corrected chi connectivity index (χ2v) is 6.60. The van der Waals surface area contributed by atoms with E-state index in [1.807, 2.05) is 0 Å². The van der Waals surface area contributed by atoms with Gasteiger partial charge in [-0.1, -0.05) is 31.0 Å². The Bertz CT molecular complexity index is 458. The van der Waals surface area contributed by atoms with Gasteiger partial charge in [0.15, 0.2) is 0 Å². The zero-order valence-electron chi connectivity index (χ0n) is 13.0. The van der Waals surface area contributed by atoms with Crippen LogP contribution in [-0.4, -0.2) is 24.5 Å². The van der Waals surface area contributed by atoms with Gasteiger partial charge < -0.3 is 5.73 Å². The highest BCUT2D eigenvalue weighted by Gasteiger charge is 2.28. The SMILES string of the molecule is CCC1CCC(N(C)C(CN)c2ccc(Cl)cc2F)CC1. The summed E-state index contributed by atoms with van der Waals surface area (Å²) in [6.45, 7) is 2.68. The van der Waals surface area contributed by atoms with Crippen molar-refractivity contribution in [2.75, 3.05) is 13.6 Å². The summed E-state index contributed by atoms with van der Waals surface area (Å²) in [5.41, 5.74) is 6.59. The van der Waals surface area contributed by atoms with Crippen LogP contribution in [0.1, 0.15) is 50.6 Å². The molecule has 118 valence electrons. The third-order valence-corrected chi connectivity index (χ3v) is 5.24. The van der Waals surface area contributed by atoms with Crippen LogP contribution in [0.4, 0.5) is 4.39 Å². The number of nitrogens with zero attached hydrogens (tertiary/aromatic N) is 1. The Hall–Kier alpha value is -0.640. The predicted octanol–water partition coefficient (Wildman–Crippen LogP) is 4.38. The van der Waals surface area contributed by atoms with Crippen LogP contribution < -0.4 is 5.73 Å². The molecule has 1 saturated carbocycles. The largest absolute Gasteiger partial charge is 0.329 e. The van der Waals surface area contributed by atoms with Crippen molar-refractivity contribution in [2.45, 2.75) is 51.1 Å². The Kier molecular flexibility index (Phi) is 6.03. The highest BCUT2D eigenvalue weighted by molar-refractivity contribution is 6.30. The van der Waals surface area contributed by atoms with Crippen LogP contribution in [0.2, 0.25) is 5.02 Å². The summed E-state index contributed by atoms with van der Waals surface area (Å²) in [4.78, 5) is 2.26. The van der Waals surface area contributed by atoms with Crippen LogP contribution in [0.25, 0.3) is 0 Å². The molecule has 2 rings (SSSR count). The van der Waals surface area contributed by atoms with Gasteiger partial charge in [-0.3, -0.25) is 4.90 Å². The number of benzene rings is 1. The number of hydrogen-bond donors (Lipinski definition) is 1. The molecule has 1 unspecified atom stereocenters. The van der Waals surface area contributed by atoms with Crippen molar-refractivity contribution in [2.24, 2.45) is 11.7 Å². The maximum atomic E-state index is 14.2. The summed E-state index contributed by atoms with van der Waals surface area (Å²) in [6.07, 6.45) is 6.17. The molecule has 0 bridgehead atoms. The highest BCUT2D eigenvalue weighted by Crippen LogP contribution is 2.33. The Morgan fingerprint density at radius 3 is 2.52 bits per heavy atom. The second kappa shape index (κ2) is 7.57. The second-order valence-electron chi connectivity index (χ2n) is 6.17. The number of nitrogens with two attached hydrogens (primary N) is 1. The van der Waals surface area contributed by atoms with E-state index in [1.54, 1.807) is 12.1 Å². The van der Waals surface area contributed by atoms with Gasteiger partial charge in [-0.05, 0) is 50.8 Å². The molecule has 1 atom stereocenters. The lowest BCUT2D eigenvalue weighted by atomic mass is 9.83. The number of halogens is 2. The molecule has 1 aromatic rings. The normalized spacial score (nSPS) is 24.3. The van der Waals surface area contributed by atoms with E-state index in [0.29, 0.717) is 23.2 Å². The third-order valence-electron chi connectivity index (χ3n) is 5.01. The van der Waals surface area contributed by atoms with Crippen molar-refractivity contribution >= 4 is 11.6 Å². The summed E-state index contributed by atoms with van der Waals surface area (Å²) in [6, 6.07) is 5.30. The zero-order chi connectivity index (χ0) is 15.4. The number of likely N-dealkylation sites (N-methyl/N-ethyl adjacent to an activating group) is 1. The van der Waals surface area contributed by atoms with Crippen molar-refractivity contribution < 1.29 is 4.39 Å². The van der Waals surface area contributed by atoms with Gasteiger partial charge in [-0.2, -0.15) is 0 Å². The van der Waals surface area contributed by atoms with Crippen LogP contribution in [0, 0.1) is 11.7 Å². The molecule has 21 heavy (non-hydrogen) atoms. The summed E-state index contributed by atoms with van der Waals surface area (Å²) >= 11 is 5.84. The molecular weight excluding hydrogens is 287 g/mol. The lowest BCUT2D eigenvalue weighted by Gasteiger charge is -2.39. The molecule has 0 spiro atoms. The Morgan fingerprint density at radius 2 is 2.00 bits per heavy atom. The molecule has 0 aromatic heterocycles. The van der Waals surface area contributed by atoms with Crippen LogP contribution in [-0.2, 0) is 0 Å². The first kappa shape index (κ1) is 16.7. The van der Waals surface area contributed by atoms with Gasteiger partial charge in [0.1, 0.15) is 5.82 Å². The molecular formula is C17H26ClFN2. The van der Waals surface area contributed by atoms with E-state index in [-0.39, 0.29) is 11.9 Å². The fraction of sp³-hybridized carbons (Fsp3) is 0.647.